The van der Waals surface area contributed by atoms with Crippen LogP contribution in [-0.2, 0) is 6.18 Å². The second-order valence-electron chi connectivity index (χ2n) is 6.18. The highest BCUT2D eigenvalue weighted by Crippen LogP contribution is 2.32. The summed E-state index contributed by atoms with van der Waals surface area (Å²) in [5, 5.41) is 7.51. The first-order chi connectivity index (χ1) is 12.5. The maximum atomic E-state index is 12.7. The molecule has 134 valence electrons. The van der Waals surface area contributed by atoms with Crippen molar-refractivity contribution >= 4 is 16.7 Å². The molecule has 0 amide bonds. The van der Waals surface area contributed by atoms with E-state index in [0.717, 1.165) is 43.0 Å². The van der Waals surface area contributed by atoms with Crippen molar-refractivity contribution in [2.24, 2.45) is 0 Å². The minimum atomic E-state index is -4.41. The average Bonchev–Trinajstić information content (AvgIpc) is 3.15. The third kappa shape index (κ3) is 3.20. The van der Waals surface area contributed by atoms with Crippen LogP contribution in [0.4, 0.5) is 19.0 Å². The van der Waals surface area contributed by atoms with Crippen LogP contribution in [0, 0.1) is 0 Å². The molecule has 1 aliphatic rings. The highest BCUT2D eigenvalue weighted by molar-refractivity contribution is 5.98. The van der Waals surface area contributed by atoms with E-state index >= 15 is 0 Å². The van der Waals surface area contributed by atoms with Crippen molar-refractivity contribution in [3.8, 4) is 11.3 Å². The molecule has 3 aromatic rings. The van der Waals surface area contributed by atoms with Crippen LogP contribution in [0.1, 0.15) is 12.0 Å². The number of rotatable bonds is 3. The molecule has 2 N–H and O–H groups in total. The molecule has 0 aliphatic carbocycles. The molecule has 1 atom stereocenters. The van der Waals surface area contributed by atoms with Crippen molar-refractivity contribution in [1.82, 2.24) is 20.3 Å². The Labute approximate surface area is 147 Å². The predicted octanol–water partition coefficient (Wildman–Crippen LogP) is 3.48. The first-order valence-electron chi connectivity index (χ1n) is 8.27. The minimum Gasteiger partial charge on any atom is -0.365 e. The van der Waals surface area contributed by atoms with E-state index in [-0.39, 0.29) is 0 Å². The number of halogens is 3. The van der Waals surface area contributed by atoms with Gasteiger partial charge in [0.1, 0.15) is 5.82 Å². The Balaban J connectivity index is 1.74. The average molecular weight is 359 g/mol. The lowest BCUT2D eigenvalue weighted by molar-refractivity contribution is -0.137. The van der Waals surface area contributed by atoms with Gasteiger partial charge in [-0.15, -0.1) is 0 Å². The van der Waals surface area contributed by atoms with E-state index in [1.165, 1.54) is 6.07 Å². The smallest absolute Gasteiger partial charge is 0.365 e. The highest BCUT2D eigenvalue weighted by Gasteiger charge is 2.30. The quantitative estimate of drug-likeness (QED) is 0.750. The molecule has 1 fully saturated rings. The van der Waals surface area contributed by atoms with Crippen LogP contribution in [0.15, 0.2) is 42.9 Å². The summed E-state index contributed by atoms with van der Waals surface area (Å²) in [6.07, 6.45) is 0.686. The molecule has 4 heterocycles. The lowest BCUT2D eigenvalue weighted by Gasteiger charge is -2.15. The van der Waals surface area contributed by atoms with Gasteiger partial charge in [-0.1, -0.05) is 0 Å². The molecule has 8 heteroatoms. The Bertz CT molecular complexity index is 918. The van der Waals surface area contributed by atoms with Gasteiger partial charge in [-0.3, -0.25) is 9.97 Å². The highest BCUT2D eigenvalue weighted by atomic mass is 19.4. The van der Waals surface area contributed by atoms with Crippen molar-refractivity contribution < 1.29 is 13.2 Å². The summed E-state index contributed by atoms with van der Waals surface area (Å²) in [7, 11) is 0. The lowest BCUT2D eigenvalue weighted by Crippen LogP contribution is -2.22. The first kappa shape index (κ1) is 16.7. The molecule has 5 nitrogen and oxygen atoms in total. The van der Waals surface area contributed by atoms with Crippen LogP contribution in [0.5, 0.6) is 0 Å². The molecule has 0 unspecified atom stereocenters. The van der Waals surface area contributed by atoms with Gasteiger partial charge >= 0.3 is 6.18 Å². The number of fused-ring (bicyclic) bond motifs is 1. The Morgan fingerprint density at radius 2 is 1.96 bits per heavy atom. The summed E-state index contributed by atoms with van der Waals surface area (Å²) in [5.74, 6) is 0.720. The molecule has 26 heavy (non-hydrogen) atoms. The number of hydrogen-bond acceptors (Lipinski definition) is 5. The lowest BCUT2D eigenvalue weighted by atomic mass is 10.1. The molecular weight excluding hydrogens is 343 g/mol. The Morgan fingerprint density at radius 1 is 1.08 bits per heavy atom. The number of anilines is 1. The zero-order chi connectivity index (χ0) is 18.1. The number of aromatic nitrogens is 3. The maximum Gasteiger partial charge on any atom is 0.417 e. The molecule has 0 bridgehead atoms. The van der Waals surface area contributed by atoms with Crippen LogP contribution in [-0.4, -0.2) is 34.1 Å². The van der Waals surface area contributed by atoms with E-state index < -0.39 is 11.7 Å². The summed E-state index contributed by atoms with van der Waals surface area (Å²) < 4.78 is 38.2. The molecule has 0 saturated carbocycles. The van der Waals surface area contributed by atoms with E-state index in [0.29, 0.717) is 22.8 Å². The van der Waals surface area contributed by atoms with Gasteiger partial charge in [0, 0.05) is 42.1 Å². The predicted molar refractivity (Wildman–Crippen MR) is 92.7 cm³/mol. The van der Waals surface area contributed by atoms with E-state index in [4.69, 9.17) is 0 Å². The fraction of sp³-hybridized carbons (Fsp3) is 0.278. The van der Waals surface area contributed by atoms with E-state index in [1.54, 1.807) is 12.4 Å². The summed E-state index contributed by atoms with van der Waals surface area (Å²) in [5.41, 5.74) is 0.884. The van der Waals surface area contributed by atoms with Crippen LogP contribution in [0.3, 0.4) is 0 Å². The maximum absolute atomic E-state index is 12.7. The van der Waals surface area contributed by atoms with Crippen LogP contribution in [0.2, 0.25) is 0 Å². The van der Waals surface area contributed by atoms with Gasteiger partial charge in [-0.2, -0.15) is 13.2 Å². The van der Waals surface area contributed by atoms with Crippen LogP contribution in [0.25, 0.3) is 22.2 Å². The van der Waals surface area contributed by atoms with Crippen LogP contribution < -0.4 is 10.6 Å². The van der Waals surface area contributed by atoms with E-state index in [9.17, 15) is 13.2 Å². The largest absolute Gasteiger partial charge is 0.417 e. The molecule has 0 spiro atoms. The summed E-state index contributed by atoms with van der Waals surface area (Å²) in [4.78, 5) is 12.9. The van der Waals surface area contributed by atoms with Crippen molar-refractivity contribution in [3.63, 3.8) is 0 Å². The van der Waals surface area contributed by atoms with Crippen molar-refractivity contribution in [2.45, 2.75) is 18.6 Å². The van der Waals surface area contributed by atoms with Crippen molar-refractivity contribution in [2.75, 3.05) is 18.4 Å². The summed E-state index contributed by atoms with van der Waals surface area (Å²) >= 11 is 0. The van der Waals surface area contributed by atoms with Crippen molar-refractivity contribution in [3.05, 3.63) is 48.4 Å². The van der Waals surface area contributed by atoms with Gasteiger partial charge in [-0.05, 0) is 37.2 Å². The summed E-state index contributed by atoms with van der Waals surface area (Å²) in [6, 6.07) is 6.37. The van der Waals surface area contributed by atoms with Crippen LogP contribution >= 0.6 is 0 Å². The number of alkyl halides is 3. The number of nitrogens with zero attached hydrogens (tertiary/aromatic N) is 3. The van der Waals surface area contributed by atoms with E-state index in [1.807, 2.05) is 12.1 Å². The summed E-state index contributed by atoms with van der Waals surface area (Å²) in [6.45, 7) is 1.83. The normalized spacial score (nSPS) is 17.6. The Hall–Kier alpha value is -2.74. The fourth-order valence-corrected chi connectivity index (χ4v) is 3.07. The molecule has 3 aromatic heterocycles. The second-order valence-corrected chi connectivity index (χ2v) is 6.18. The minimum absolute atomic E-state index is 0.293. The molecule has 4 rings (SSSR count). The zero-order valence-electron chi connectivity index (χ0n) is 13.7. The number of hydrogen-bond donors (Lipinski definition) is 2. The standard InChI is InChI=1S/C18H16F3N5/c19-18(20,21)11-3-4-15(24-8-11)14-10-25-17(26-12-5-7-22-9-12)13-2-1-6-23-16(13)14/h1-4,6,8,10,12,22H,5,7,9H2,(H,25,26)/t12-/m0/s1. The van der Waals surface area contributed by atoms with E-state index in [2.05, 4.69) is 25.6 Å². The second kappa shape index (κ2) is 6.53. The molecular formula is C18H16F3N5. The Kier molecular flexibility index (Phi) is 4.20. The third-order valence-corrected chi connectivity index (χ3v) is 4.41. The van der Waals surface area contributed by atoms with Gasteiger partial charge < -0.3 is 10.6 Å². The number of nitrogens with one attached hydrogen (secondary N) is 2. The molecule has 1 saturated heterocycles. The van der Waals surface area contributed by atoms with Gasteiger partial charge in [0.05, 0.1) is 16.8 Å². The molecule has 0 aromatic carbocycles. The van der Waals surface area contributed by atoms with Crippen molar-refractivity contribution in [1.29, 1.82) is 0 Å². The van der Waals surface area contributed by atoms with Gasteiger partial charge in [0.15, 0.2) is 0 Å². The monoisotopic (exact) mass is 359 g/mol. The van der Waals surface area contributed by atoms with Gasteiger partial charge in [0.2, 0.25) is 0 Å². The molecule has 0 radical (unpaired) electrons. The zero-order valence-corrected chi connectivity index (χ0v) is 13.7. The topological polar surface area (TPSA) is 62.7 Å². The number of pyridine rings is 3. The molecule has 1 aliphatic heterocycles. The fourth-order valence-electron chi connectivity index (χ4n) is 3.07. The first-order valence-corrected chi connectivity index (χ1v) is 8.27. The van der Waals surface area contributed by atoms with Gasteiger partial charge in [0.25, 0.3) is 0 Å². The Morgan fingerprint density at radius 3 is 2.65 bits per heavy atom. The SMILES string of the molecule is FC(F)(F)c1ccc(-c2cnc(N[C@H]3CCNC3)c3cccnc23)nc1. The third-order valence-electron chi connectivity index (χ3n) is 4.41. The van der Waals surface area contributed by atoms with Gasteiger partial charge in [-0.25, -0.2) is 4.98 Å².